The van der Waals surface area contributed by atoms with E-state index in [9.17, 15) is 20.0 Å². The third-order valence-electron chi connectivity index (χ3n) is 2.77. The van der Waals surface area contributed by atoms with Crippen molar-refractivity contribution >= 4 is 17.3 Å². The molecule has 0 saturated heterocycles. The Morgan fingerprint density at radius 2 is 1.90 bits per heavy atom. The predicted octanol–water partition coefficient (Wildman–Crippen LogP) is 2.56. The molecule has 1 amide bonds. The molecule has 0 aromatic heterocycles. The van der Waals surface area contributed by atoms with Gasteiger partial charge < -0.3 is 15.2 Å². The van der Waals surface area contributed by atoms with Gasteiger partial charge in [-0.05, 0) is 30.3 Å². The Labute approximate surface area is 119 Å². The van der Waals surface area contributed by atoms with Crippen molar-refractivity contribution in [1.29, 1.82) is 0 Å². The van der Waals surface area contributed by atoms with E-state index in [1.54, 1.807) is 0 Å². The Morgan fingerprint density at radius 1 is 1.24 bits per heavy atom. The summed E-state index contributed by atoms with van der Waals surface area (Å²) in [7, 11) is 1.33. The molecule has 0 atom stereocenters. The van der Waals surface area contributed by atoms with E-state index >= 15 is 0 Å². The molecule has 7 nitrogen and oxygen atoms in total. The second kappa shape index (κ2) is 5.91. The van der Waals surface area contributed by atoms with Crippen molar-refractivity contribution in [2.24, 2.45) is 0 Å². The molecule has 2 rings (SSSR count). The summed E-state index contributed by atoms with van der Waals surface area (Å²) in [5.74, 6) is -0.270. The van der Waals surface area contributed by atoms with E-state index in [4.69, 9.17) is 4.74 Å². The van der Waals surface area contributed by atoms with Crippen molar-refractivity contribution < 1.29 is 19.6 Å². The summed E-state index contributed by atoms with van der Waals surface area (Å²) in [6, 6.07) is 9.67. The average Bonchev–Trinajstić information content (AvgIpc) is 2.48. The molecule has 2 N–H and O–H groups in total. The third kappa shape index (κ3) is 3.27. The van der Waals surface area contributed by atoms with Gasteiger partial charge in [-0.3, -0.25) is 14.9 Å². The fourth-order valence-corrected chi connectivity index (χ4v) is 1.72. The average molecular weight is 288 g/mol. The van der Waals surface area contributed by atoms with E-state index in [1.165, 1.54) is 49.6 Å². The van der Waals surface area contributed by atoms with E-state index in [0.717, 1.165) is 0 Å². The number of rotatable bonds is 4. The molecule has 108 valence electrons. The number of anilines is 1. The maximum atomic E-state index is 12.1. The normalized spacial score (nSPS) is 9.95. The first kappa shape index (κ1) is 14.3. The Morgan fingerprint density at radius 3 is 2.48 bits per heavy atom. The molecule has 2 aromatic rings. The highest BCUT2D eigenvalue weighted by Crippen LogP contribution is 2.25. The van der Waals surface area contributed by atoms with E-state index in [0.29, 0.717) is 5.69 Å². The monoisotopic (exact) mass is 288 g/mol. The molecule has 0 radical (unpaired) electrons. The van der Waals surface area contributed by atoms with Gasteiger partial charge in [-0.15, -0.1) is 0 Å². The van der Waals surface area contributed by atoms with E-state index in [1.807, 2.05) is 0 Å². The van der Waals surface area contributed by atoms with E-state index in [-0.39, 0.29) is 22.7 Å². The van der Waals surface area contributed by atoms with Crippen molar-refractivity contribution in [2.75, 3.05) is 12.4 Å². The number of aromatic hydroxyl groups is 1. The lowest BCUT2D eigenvalue weighted by Crippen LogP contribution is -2.13. The number of non-ortho nitro benzene ring substituents is 1. The van der Waals surface area contributed by atoms with Crippen LogP contribution in [0.4, 0.5) is 11.4 Å². The Hall–Kier alpha value is -3.09. The number of hydrogen-bond donors (Lipinski definition) is 2. The molecule has 0 aliphatic heterocycles. The standard InChI is InChI=1S/C14H12N2O5/c1-21-13-8-10(16(19)20)4-7-12(13)14(18)15-9-2-5-11(17)6-3-9/h2-8,17H,1H3,(H,15,18). The zero-order chi connectivity index (χ0) is 15.4. The fourth-order valence-electron chi connectivity index (χ4n) is 1.72. The fraction of sp³-hybridized carbons (Fsp3) is 0.0714. The SMILES string of the molecule is COc1cc([N+](=O)[O-])ccc1C(=O)Nc1ccc(O)cc1. The van der Waals surface area contributed by atoms with Gasteiger partial charge in [-0.25, -0.2) is 0 Å². The number of phenolic OH excluding ortho intramolecular Hbond substituents is 1. The summed E-state index contributed by atoms with van der Waals surface area (Å²) < 4.78 is 5.01. The van der Waals surface area contributed by atoms with Crippen molar-refractivity contribution in [2.45, 2.75) is 0 Å². The second-order valence-electron chi connectivity index (χ2n) is 4.14. The van der Waals surface area contributed by atoms with E-state index in [2.05, 4.69) is 5.32 Å². The smallest absolute Gasteiger partial charge is 0.273 e. The van der Waals surface area contributed by atoms with Crippen LogP contribution in [0.2, 0.25) is 0 Å². The van der Waals surface area contributed by atoms with Gasteiger partial charge in [0, 0.05) is 11.8 Å². The lowest BCUT2D eigenvalue weighted by Gasteiger charge is -2.09. The van der Waals surface area contributed by atoms with Crippen LogP contribution < -0.4 is 10.1 Å². The van der Waals surface area contributed by atoms with Gasteiger partial charge in [0.15, 0.2) is 0 Å². The highest BCUT2D eigenvalue weighted by atomic mass is 16.6. The molecule has 7 heteroatoms. The zero-order valence-corrected chi connectivity index (χ0v) is 11.1. The predicted molar refractivity (Wildman–Crippen MR) is 75.7 cm³/mol. The van der Waals surface area contributed by atoms with Crippen molar-refractivity contribution in [3.63, 3.8) is 0 Å². The zero-order valence-electron chi connectivity index (χ0n) is 11.1. The number of nitro benzene ring substituents is 1. The largest absolute Gasteiger partial charge is 0.508 e. The molecular weight excluding hydrogens is 276 g/mol. The van der Waals surface area contributed by atoms with Crippen LogP contribution in [-0.4, -0.2) is 23.0 Å². The number of phenols is 1. The summed E-state index contributed by atoms with van der Waals surface area (Å²) in [4.78, 5) is 22.3. The lowest BCUT2D eigenvalue weighted by atomic mass is 10.1. The van der Waals surface area contributed by atoms with Crippen LogP contribution >= 0.6 is 0 Å². The number of methoxy groups -OCH3 is 1. The summed E-state index contributed by atoms with van der Waals surface area (Å²) in [6.45, 7) is 0. The molecule has 21 heavy (non-hydrogen) atoms. The van der Waals surface area contributed by atoms with Crippen LogP contribution in [0.25, 0.3) is 0 Å². The number of hydrogen-bond acceptors (Lipinski definition) is 5. The minimum Gasteiger partial charge on any atom is -0.508 e. The van der Waals surface area contributed by atoms with Gasteiger partial charge >= 0.3 is 0 Å². The molecule has 0 aliphatic rings. The molecule has 0 spiro atoms. The molecule has 0 bridgehead atoms. The topological polar surface area (TPSA) is 102 Å². The van der Waals surface area contributed by atoms with Crippen LogP contribution in [0.1, 0.15) is 10.4 Å². The summed E-state index contributed by atoms with van der Waals surface area (Å²) in [5, 5.41) is 22.5. The Kier molecular flexibility index (Phi) is 4.03. The maximum absolute atomic E-state index is 12.1. The minimum atomic E-state index is -0.565. The summed E-state index contributed by atoms with van der Waals surface area (Å²) in [6.07, 6.45) is 0. The quantitative estimate of drug-likeness (QED) is 0.511. The number of carbonyl (C=O) groups is 1. The van der Waals surface area contributed by atoms with Crippen molar-refractivity contribution in [1.82, 2.24) is 0 Å². The van der Waals surface area contributed by atoms with Crippen LogP contribution in [-0.2, 0) is 0 Å². The summed E-state index contributed by atoms with van der Waals surface area (Å²) in [5.41, 5.74) is 0.502. The minimum absolute atomic E-state index is 0.0842. The number of nitrogens with one attached hydrogen (secondary N) is 1. The molecule has 0 saturated carbocycles. The van der Waals surface area contributed by atoms with Gasteiger partial charge in [0.2, 0.25) is 0 Å². The van der Waals surface area contributed by atoms with Gasteiger partial charge in [0.05, 0.1) is 23.7 Å². The molecule has 0 fully saturated rings. The maximum Gasteiger partial charge on any atom is 0.273 e. The first-order valence-corrected chi connectivity index (χ1v) is 5.94. The molecule has 0 aliphatic carbocycles. The number of amides is 1. The lowest BCUT2D eigenvalue weighted by molar-refractivity contribution is -0.384. The van der Waals surface area contributed by atoms with Crippen LogP contribution in [0.15, 0.2) is 42.5 Å². The van der Waals surface area contributed by atoms with Crippen LogP contribution in [0, 0.1) is 10.1 Å². The molecular formula is C14H12N2O5. The van der Waals surface area contributed by atoms with Gasteiger partial charge in [-0.2, -0.15) is 0 Å². The first-order valence-electron chi connectivity index (χ1n) is 5.94. The van der Waals surface area contributed by atoms with Crippen LogP contribution in [0.5, 0.6) is 11.5 Å². The Bertz CT molecular complexity index is 682. The van der Waals surface area contributed by atoms with E-state index < -0.39 is 10.8 Å². The number of nitrogens with zero attached hydrogens (tertiary/aromatic N) is 1. The molecule has 2 aromatic carbocycles. The highest BCUT2D eigenvalue weighted by Gasteiger charge is 2.16. The van der Waals surface area contributed by atoms with Gasteiger partial charge in [0.25, 0.3) is 11.6 Å². The molecule has 0 unspecified atom stereocenters. The number of ether oxygens (including phenoxy) is 1. The number of benzene rings is 2. The van der Waals surface area contributed by atoms with Crippen molar-refractivity contribution in [3.05, 3.63) is 58.1 Å². The van der Waals surface area contributed by atoms with Gasteiger partial charge in [0.1, 0.15) is 11.5 Å². The number of nitro groups is 1. The Balaban J connectivity index is 2.26. The summed E-state index contributed by atoms with van der Waals surface area (Å²) >= 11 is 0. The number of carbonyl (C=O) groups excluding carboxylic acids is 1. The third-order valence-corrected chi connectivity index (χ3v) is 2.77. The molecule has 0 heterocycles. The highest BCUT2D eigenvalue weighted by molar-refractivity contribution is 6.06. The van der Waals surface area contributed by atoms with Crippen molar-refractivity contribution in [3.8, 4) is 11.5 Å². The second-order valence-corrected chi connectivity index (χ2v) is 4.14. The van der Waals surface area contributed by atoms with Crippen LogP contribution in [0.3, 0.4) is 0 Å². The van der Waals surface area contributed by atoms with Gasteiger partial charge in [-0.1, -0.05) is 0 Å². The first-order chi connectivity index (χ1) is 10.0.